The summed E-state index contributed by atoms with van der Waals surface area (Å²) in [5, 5.41) is 0. The summed E-state index contributed by atoms with van der Waals surface area (Å²) in [5.41, 5.74) is 1.62. The van der Waals surface area contributed by atoms with Crippen LogP contribution in [0, 0.1) is 11.3 Å². The highest BCUT2D eigenvalue weighted by Crippen LogP contribution is 2.57. The maximum absolute atomic E-state index is 13.2. The van der Waals surface area contributed by atoms with E-state index < -0.39 is 17.6 Å². The van der Waals surface area contributed by atoms with Crippen molar-refractivity contribution in [3.05, 3.63) is 29.3 Å². The zero-order valence-corrected chi connectivity index (χ0v) is 15.9. The standard InChI is InChI=1S/C21H27FO4/c1-13(22)18(23)26-15-8-6-14-7-9-17-20(2,16(14)12-15)10-5-11-21(17,3)19(24)25-4/h6,8,12-13,17H,5,7,9-11H2,1-4H3/t13?,17-,20-,21+/m1/s1. The van der Waals surface area contributed by atoms with Gasteiger partial charge in [-0.1, -0.05) is 19.4 Å². The Morgan fingerprint density at radius 2 is 2.00 bits per heavy atom. The van der Waals surface area contributed by atoms with E-state index in [1.807, 2.05) is 19.1 Å². The third kappa shape index (κ3) is 2.91. The fourth-order valence-electron chi connectivity index (χ4n) is 5.18. The molecule has 0 amide bonds. The van der Waals surface area contributed by atoms with Crippen LogP contribution in [-0.4, -0.2) is 25.2 Å². The molecule has 0 bridgehead atoms. The molecule has 2 aliphatic rings. The summed E-state index contributed by atoms with van der Waals surface area (Å²) < 4.78 is 23.5. The zero-order chi connectivity index (χ0) is 19.1. The first kappa shape index (κ1) is 18.9. The topological polar surface area (TPSA) is 52.6 Å². The van der Waals surface area contributed by atoms with Crippen molar-refractivity contribution in [3.63, 3.8) is 0 Å². The van der Waals surface area contributed by atoms with Crippen molar-refractivity contribution in [2.45, 2.75) is 64.5 Å². The van der Waals surface area contributed by atoms with Crippen molar-refractivity contribution in [1.29, 1.82) is 0 Å². The normalized spacial score (nSPS) is 31.3. The Hall–Kier alpha value is -1.91. The SMILES string of the molecule is COC(=O)[C@@]1(C)CCC[C@]2(C)c3cc(OC(=O)C(C)F)ccc3CC[C@@H]12. The van der Waals surface area contributed by atoms with Gasteiger partial charge >= 0.3 is 11.9 Å². The highest BCUT2D eigenvalue weighted by atomic mass is 19.1. The second-order valence-electron chi connectivity index (χ2n) is 8.13. The van der Waals surface area contributed by atoms with Crippen LogP contribution in [0.1, 0.15) is 57.6 Å². The Kier molecular flexibility index (Phi) is 4.84. The first-order valence-electron chi connectivity index (χ1n) is 9.30. The van der Waals surface area contributed by atoms with Crippen molar-refractivity contribution < 1.29 is 23.5 Å². The van der Waals surface area contributed by atoms with Crippen molar-refractivity contribution >= 4 is 11.9 Å². The molecular formula is C21H27FO4. The lowest BCUT2D eigenvalue weighted by Gasteiger charge is -2.54. The first-order valence-corrected chi connectivity index (χ1v) is 9.30. The molecule has 3 rings (SSSR count). The summed E-state index contributed by atoms with van der Waals surface area (Å²) in [6.07, 6.45) is 2.86. The molecule has 142 valence electrons. The van der Waals surface area contributed by atoms with Gasteiger partial charge in [-0.2, -0.15) is 0 Å². The summed E-state index contributed by atoms with van der Waals surface area (Å²) in [6.45, 7) is 5.38. The number of halogens is 1. The van der Waals surface area contributed by atoms with Crippen LogP contribution < -0.4 is 4.74 Å². The van der Waals surface area contributed by atoms with Crippen LogP contribution in [-0.2, 0) is 26.2 Å². The molecule has 1 fully saturated rings. The van der Waals surface area contributed by atoms with E-state index in [9.17, 15) is 14.0 Å². The molecule has 0 radical (unpaired) electrons. The Bertz CT molecular complexity index is 729. The van der Waals surface area contributed by atoms with Gasteiger partial charge in [0, 0.05) is 0 Å². The Balaban J connectivity index is 2.00. The van der Waals surface area contributed by atoms with E-state index >= 15 is 0 Å². The van der Waals surface area contributed by atoms with E-state index in [0.717, 1.165) is 37.7 Å². The van der Waals surface area contributed by atoms with Crippen molar-refractivity contribution in [1.82, 2.24) is 0 Å². The molecule has 1 saturated carbocycles. The third-order valence-corrected chi connectivity index (χ3v) is 6.52. The first-order chi connectivity index (χ1) is 12.2. The smallest absolute Gasteiger partial charge is 0.345 e. The quantitative estimate of drug-likeness (QED) is 0.599. The number of hydrogen-bond acceptors (Lipinski definition) is 4. The highest BCUT2D eigenvalue weighted by Gasteiger charge is 2.55. The van der Waals surface area contributed by atoms with E-state index in [0.29, 0.717) is 5.75 Å². The molecule has 2 aliphatic carbocycles. The van der Waals surface area contributed by atoms with E-state index in [-0.39, 0.29) is 17.3 Å². The summed E-state index contributed by atoms with van der Waals surface area (Å²) in [7, 11) is 1.45. The lowest BCUT2D eigenvalue weighted by Crippen LogP contribution is -2.52. The maximum atomic E-state index is 13.2. The van der Waals surface area contributed by atoms with Crippen LogP contribution in [0.5, 0.6) is 5.75 Å². The third-order valence-electron chi connectivity index (χ3n) is 6.52. The van der Waals surface area contributed by atoms with Crippen LogP contribution in [0.2, 0.25) is 0 Å². The maximum Gasteiger partial charge on any atom is 0.345 e. The molecule has 4 atom stereocenters. The molecule has 0 aromatic heterocycles. The molecule has 0 heterocycles. The number of fused-ring (bicyclic) bond motifs is 3. The van der Waals surface area contributed by atoms with Gasteiger partial charge < -0.3 is 9.47 Å². The number of benzene rings is 1. The second-order valence-corrected chi connectivity index (χ2v) is 8.13. The average Bonchev–Trinajstić information content (AvgIpc) is 2.61. The number of carbonyl (C=O) groups is 2. The molecule has 0 saturated heterocycles. The van der Waals surface area contributed by atoms with E-state index in [1.165, 1.54) is 19.6 Å². The van der Waals surface area contributed by atoms with Gasteiger partial charge in [-0.05, 0) is 74.1 Å². The molecule has 4 nitrogen and oxygen atoms in total. The van der Waals surface area contributed by atoms with Crippen LogP contribution in [0.4, 0.5) is 4.39 Å². The van der Waals surface area contributed by atoms with Gasteiger partial charge in [0.1, 0.15) is 5.75 Å². The molecule has 0 aliphatic heterocycles. The minimum absolute atomic E-state index is 0.147. The van der Waals surface area contributed by atoms with E-state index in [2.05, 4.69) is 6.92 Å². The molecule has 1 unspecified atom stereocenters. The minimum Gasteiger partial charge on any atom is -0.469 e. The van der Waals surface area contributed by atoms with Gasteiger partial charge in [0.2, 0.25) is 0 Å². The molecule has 5 heteroatoms. The Morgan fingerprint density at radius 1 is 1.27 bits per heavy atom. The lowest BCUT2D eigenvalue weighted by molar-refractivity contribution is -0.161. The summed E-state index contributed by atoms with van der Waals surface area (Å²) >= 11 is 0. The van der Waals surface area contributed by atoms with Crippen LogP contribution in [0.15, 0.2) is 18.2 Å². The van der Waals surface area contributed by atoms with Gasteiger partial charge in [-0.25, -0.2) is 9.18 Å². The predicted molar refractivity (Wildman–Crippen MR) is 95.8 cm³/mol. The van der Waals surface area contributed by atoms with Gasteiger partial charge in [0.25, 0.3) is 0 Å². The van der Waals surface area contributed by atoms with Crippen LogP contribution >= 0.6 is 0 Å². The summed E-state index contributed by atoms with van der Waals surface area (Å²) in [6, 6.07) is 5.56. The Morgan fingerprint density at radius 3 is 2.65 bits per heavy atom. The molecule has 0 N–H and O–H groups in total. The summed E-state index contributed by atoms with van der Waals surface area (Å²) in [5.74, 6) is -0.503. The van der Waals surface area contributed by atoms with Gasteiger partial charge in [0.15, 0.2) is 6.17 Å². The van der Waals surface area contributed by atoms with Crippen molar-refractivity contribution in [2.24, 2.45) is 11.3 Å². The Labute approximate surface area is 154 Å². The molecule has 0 spiro atoms. The minimum atomic E-state index is -1.66. The number of hydrogen-bond donors (Lipinski definition) is 0. The number of methoxy groups -OCH3 is 1. The number of ether oxygens (including phenoxy) is 2. The van der Waals surface area contributed by atoms with Crippen molar-refractivity contribution in [2.75, 3.05) is 7.11 Å². The number of alkyl halides is 1. The molecule has 26 heavy (non-hydrogen) atoms. The number of esters is 2. The summed E-state index contributed by atoms with van der Waals surface area (Å²) in [4.78, 5) is 24.2. The van der Waals surface area contributed by atoms with Gasteiger partial charge in [-0.15, -0.1) is 0 Å². The predicted octanol–water partition coefficient (Wildman–Crippen LogP) is 4.13. The second kappa shape index (κ2) is 6.67. The lowest BCUT2D eigenvalue weighted by atomic mass is 9.50. The number of rotatable bonds is 3. The van der Waals surface area contributed by atoms with E-state index in [4.69, 9.17) is 9.47 Å². The largest absolute Gasteiger partial charge is 0.469 e. The monoisotopic (exact) mass is 362 g/mol. The fourth-order valence-corrected chi connectivity index (χ4v) is 5.18. The molecule has 1 aromatic rings. The van der Waals surface area contributed by atoms with Crippen LogP contribution in [0.3, 0.4) is 0 Å². The average molecular weight is 362 g/mol. The highest BCUT2D eigenvalue weighted by molar-refractivity contribution is 5.78. The molecule has 1 aromatic carbocycles. The number of aryl methyl sites for hydroxylation is 1. The van der Waals surface area contributed by atoms with Gasteiger partial charge in [-0.3, -0.25) is 4.79 Å². The zero-order valence-electron chi connectivity index (χ0n) is 15.9. The van der Waals surface area contributed by atoms with Gasteiger partial charge in [0.05, 0.1) is 12.5 Å². The van der Waals surface area contributed by atoms with E-state index in [1.54, 1.807) is 6.07 Å². The van der Waals surface area contributed by atoms with Crippen molar-refractivity contribution in [3.8, 4) is 5.75 Å². The molecular weight excluding hydrogens is 335 g/mol. The number of carbonyl (C=O) groups excluding carboxylic acids is 2. The fraction of sp³-hybridized carbons (Fsp3) is 0.619. The van der Waals surface area contributed by atoms with Crippen LogP contribution in [0.25, 0.3) is 0 Å².